The van der Waals surface area contributed by atoms with Gasteiger partial charge in [0, 0.05) is 27.2 Å². The van der Waals surface area contributed by atoms with E-state index in [4.69, 9.17) is 5.84 Å². The molecule has 1 atom stereocenters. The van der Waals surface area contributed by atoms with Crippen molar-refractivity contribution in [3.05, 3.63) is 64.1 Å². The highest BCUT2D eigenvalue weighted by Crippen LogP contribution is 2.27. The van der Waals surface area contributed by atoms with Gasteiger partial charge in [-0.15, -0.1) is 11.8 Å². The molecule has 1 unspecified atom stereocenters. The van der Waals surface area contributed by atoms with Gasteiger partial charge in [-0.1, -0.05) is 12.1 Å². The van der Waals surface area contributed by atoms with Crippen molar-refractivity contribution >= 4 is 27.7 Å². The number of hydrazine groups is 1. The summed E-state index contributed by atoms with van der Waals surface area (Å²) in [6.45, 7) is 0. The maximum Gasteiger partial charge on any atom is 0.126 e. The zero-order chi connectivity index (χ0) is 15.2. The van der Waals surface area contributed by atoms with E-state index in [1.165, 1.54) is 12.1 Å². The molecular weight excluding hydrogens is 358 g/mol. The van der Waals surface area contributed by atoms with Crippen LogP contribution in [0.3, 0.4) is 0 Å². The fourth-order valence-electron chi connectivity index (χ4n) is 1.93. The molecule has 0 saturated carbocycles. The molecule has 2 nitrogen and oxygen atoms in total. The summed E-state index contributed by atoms with van der Waals surface area (Å²) in [5, 5.41) is 0. The first-order valence-corrected chi connectivity index (χ1v) is 8.15. The van der Waals surface area contributed by atoms with Crippen LogP contribution in [-0.4, -0.2) is 11.8 Å². The SMILES string of the molecule is NNC(CSc1ccccc1Br)Cc1cc(F)cc(F)c1. The number of hydrogen-bond acceptors (Lipinski definition) is 3. The third-order valence-corrected chi connectivity index (χ3v) is 5.11. The summed E-state index contributed by atoms with van der Waals surface area (Å²) in [7, 11) is 0. The summed E-state index contributed by atoms with van der Waals surface area (Å²) in [4.78, 5) is 1.10. The van der Waals surface area contributed by atoms with Crippen molar-refractivity contribution in [1.82, 2.24) is 5.43 Å². The Hall–Kier alpha value is -0.950. The van der Waals surface area contributed by atoms with E-state index in [1.807, 2.05) is 24.3 Å². The number of hydrogen-bond donors (Lipinski definition) is 2. The van der Waals surface area contributed by atoms with Gasteiger partial charge in [-0.25, -0.2) is 8.78 Å². The van der Waals surface area contributed by atoms with Gasteiger partial charge in [0.2, 0.25) is 0 Å². The van der Waals surface area contributed by atoms with Crippen molar-refractivity contribution in [1.29, 1.82) is 0 Å². The average Bonchev–Trinajstić information content (AvgIpc) is 2.44. The van der Waals surface area contributed by atoms with Gasteiger partial charge in [0.05, 0.1) is 0 Å². The third-order valence-electron chi connectivity index (χ3n) is 2.92. The molecule has 0 aromatic heterocycles. The van der Waals surface area contributed by atoms with Gasteiger partial charge in [-0.3, -0.25) is 11.3 Å². The van der Waals surface area contributed by atoms with Crippen LogP contribution in [0.5, 0.6) is 0 Å². The molecule has 0 aliphatic heterocycles. The lowest BCUT2D eigenvalue weighted by Crippen LogP contribution is -2.38. The lowest BCUT2D eigenvalue weighted by Gasteiger charge is -2.16. The van der Waals surface area contributed by atoms with E-state index in [0.717, 1.165) is 15.4 Å². The van der Waals surface area contributed by atoms with Crippen molar-refractivity contribution < 1.29 is 8.78 Å². The normalized spacial score (nSPS) is 12.4. The molecule has 0 aliphatic carbocycles. The second kappa shape index (κ2) is 7.89. The molecule has 0 heterocycles. The van der Waals surface area contributed by atoms with E-state index in [9.17, 15) is 8.78 Å². The summed E-state index contributed by atoms with van der Waals surface area (Å²) in [5.74, 6) is 5.09. The number of nitrogens with one attached hydrogen (secondary N) is 1. The maximum absolute atomic E-state index is 13.2. The molecule has 2 aromatic rings. The van der Waals surface area contributed by atoms with Crippen molar-refractivity contribution in [2.45, 2.75) is 17.4 Å². The van der Waals surface area contributed by atoms with Gasteiger partial charge in [-0.05, 0) is 52.2 Å². The summed E-state index contributed by atoms with van der Waals surface area (Å²) in [5.41, 5.74) is 3.28. The van der Waals surface area contributed by atoms with Crippen molar-refractivity contribution in [3.63, 3.8) is 0 Å². The fraction of sp³-hybridized carbons (Fsp3) is 0.200. The van der Waals surface area contributed by atoms with Crippen LogP contribution in [0.2, 0.25) is 0 Å². The Labute approximate surface area is 135 Å². The predicted octanol–water partition coefficient (Wildman–Crippen LogP) is 3.89. The van der Waals surface area contributed by atoms with Crippen LogP contribution in [0.15, 0.2) is 51.8 Å². The molecule has 0 aliphatic rings. The Kier molecular flexibility index (Phi) is 6.17. The minimum Gasteiger partial charge on any atom is -0.271 e. The first kappa shape index (κ1) is 16.4. The fourth-order valence-corrected chi connectivity index (χ4v) is 3.54. The van der Waals surface area contributed by atoms with Crippen LogP contribution < -0.4 is 11.3 Å². The third kappa shape index (κ3) is 5.07. The number of thioether (sulfide) groups is 1. The zero-order valence-corrected chi connectivity index (χ0v) is 13.6. The summed E-state index contributed by atoms with van der Waals surface area (Å²) in [6.07, 6.45) is 0.461. The Morgan fingerprint density at radius 1 is 1.14 bits per heavy atom. The zero-order valence-electron chi connectivity index (χ0n) is 11.2. The van der Waals surface area contributed by atoms with E-state index in [-0.39, 0.29) is 6.04 Å². The molecule has 0 bridgehead atoms. The van der Waals surface area contributed by atoms with Crippen LogP contribution in [0.4, 0.5) is 8.78 Å². The monoisotopic (exact) mass is 372 g/mol. The number of benzene rings is 2. The molecule has 6 heteroatoms. The highest BCUT2D eigenvalue weighted by molar-refractivity contribution is 9.10. The van der Waals surface area contributed by atoms with Gasteiger partial charge in [-0.2, -0.15) is 0 Å². The molecule has 112 valence electrons. The van der Waals surface area contributed by atoms with E-state index in [1.54, 1.807) is 11.8 Å². The highest BCUT2D eigenvalue weighted by atomic mass is 79.9. The second-order valence-corrected chi connectivity index (χ2v) is 6.50. The van der Waals surface area contributed by atoms with Gasteiger partial charge < -0.3 is 0 Å². The predicted molar refractivity (Wildman–Crippen MR) is 86.0 cm³/mol. The molecule has 3 N–H and O–H groups in total. The van der Waals surface area contributed by atoms with Crippen LogP contribution in [0, 0.1) is 11.6 Å². The number of halogens is 3. The van der Waals surface area contributed by atoms with Crippen LogP contribution in [0.25, 0.3) is 0 Å². The first-order valence-electron chi connectivity index (χ1n) is 6.37. The average molecular weight is 373 g/mol. The van der Waals surface area contributed by atoms with Crippen molar-refractivity contribution in [2.24, 2.45) is 5.84 Å². The Bertz CT molecular complexity index is 590. The molecule has 2 aromatic carbocycles. The molecule has 2 rings (SSSR count). The molecule has 0 saturated heterocycles. The minimum atomic E-state index is -0.570. The van der Waals surface area contributed by atoms with Crippen molar-refractivity contribution in [3.8, 4) is 0 Å². The first-order chi connectivity index (χ1) is 10.1. The minimum absolute atomic E-state index is 0.0803. The Morgan fingerprint density at radius 2 is 1.81 bits per heavy atom. The molecule has 0 fully saturated rings. The van der Waals surface area contributed by atoms with E-state index < -0.39 is 11.6 Å². The number of nitrogens with two attached hydrogens (primary N) is 1. The molecule has 21 heavy (non-hydrogen) atoms. The molecule has 0 amide bonds. The Balaban J connectivity index is 1.98. The second-order valence-electron chi connectivity index (χ2n) is 4.59. The topological polar surface area (TPSA) is 38.0 Å². The summed E-state index contributed by atoms with van der Waals surface area (Å²) >= 11 is 5.11. The van der Waals surface area contributed by atoms with Crippen LogP contribution in [0.1, 0.15) is 5.56 Å². The lowest BCUT2D eigenvalue weighted by molar-refractivity contribution is 0.556. The van der Waals surface area contributed by atoms with Gasteiger partial charge in [0.15, 0.2) is 0 Å². The van der Waals surface area contributed by atoms with Gasteiger partial charge >= 0.3 is 0 Å². The summed E-state index contributed by atoms with van der Waals surface area (Å²) < 4.78 is 27.4. The standard InChI is InChI=1S/C15H15BrF2N2S/c16-14-3-1-2-4-15(14)21-9-13(20-19)7-10-5-11(17)8-12(18)6-10/h1-6,8,13,20H,7,9,19H2. The number of rotatable bonds is 6. The van der Waals surface area contributed by atoms with Gasteiger partial charge in [0.25, 0.3) is 0 Å². The van der Waals surface area contributed by atoms with Gasteiger partial charge in [0.1, 0.15) is 11.6 Å². The van der Waals surface area contributed by atoms with Crippen molar-refractivity contribution in [2.75, 3.05) is 5.75 Å². The molecular formula is C15H15BrF2N2S. The maximum atomic E-state index is 13.2. The van der Waals surface area contributed by atoms with E-state index in [0.29, 0.717) is 17.7 Å². The summed E-state index contributed by atoms with van der Waals surface area (Å²) in [6, 6.07) is 11.3. The molecule has 0 spiro atoms. The highest BCUT2D eigenvalue weighted by Gasteiger charge is 2.11. The van der Waals surface area contributed by atoms with Crippen LogP contribution in [-0.2, 0) is 6.42 Å². The lowest BCUT2D eigenvalue weighted by atomic mass is 10.1. The van der Waals surface area contributed by atoms with E-state index in [2.05, 4.69) is 21.4 Å². The van der Waals surface area contributed by atoms with Crippen LogP contribution >= 0.6 is 27.7 Å². The Morgan fingerprint density at radius 3 is 2.43 bits per heavy atom. The smallest absolute Gasteiger partial charge is 0.126 e. The quantitative estimate of drug-likeness (QED) is 0.458. The molecule has 0 radical (unpaired) electrons. The van der Waals surface area contributed by atoms with E-state index >= 15 is 0 Å². The largest absolute Gasteiger partial charge is 0.271 e.